The minimum atomic E-state index is 0.615. The summed E-state index contributed by atoms with van der Waals surface area (Å²) in [5.41, 5.74) is 1.17. The zero-order valence-electron chi connectivity index (χ0n) is 18.7. The van der Waals surface area contributed by atoms with E-state index in [1.54, 1.807) is 0 Å². The average Bonchev–Trinajstić information content (AvgIpc) is 2.74. The minimum absolute atomic E-state index is 0.615. The average molecular weight is 385 g/mol. The van der Waals surface area contributed by atoms with E-state index in [4.69, 9.17) is 0 Å². The monoisotopic (exact) mass is 384 g/mol. The summed E-state index contributed by atoms with van der Waals surface area (Å²) in [4.78, 5) is 9.16. The van der Waals surface area contributed by atoms with E-state index in [-0.39, 0.29) is 0 Å². The van der Waals surface area contributed by atoms with Gasteiger partial charge in [-0.05, 0) is 55.9 Å². The van der Waals surface area contributed by atoms with Gasteiger partial charge in [-0.25, -0.2) is 9.97 Å². The molecule has 1 aromatic heterocycles. The Bertz CT molecular complexity index is 522. The van der Waals surface area contributed by atoms with Crippen molar-refractivity contribution in [1.29, 1.82) is 0 Å². The number of hydrogen-bond donors (Lipinski definition) is 0. The predicted molar refractivity (Wildman–Crippen MR) is 120 cm³/mol. The van der Waals surface area contributed by atoms with Gasteiger partial charge >= 0.3 is 0 Å². The molecule has 158 valence electrons. The van der Waals surface area contributed by atoms with Crippen LogP contribution in [0.5, 0.6) is 0 Å². The zero-order chi connectivity index (χ0) is 19.6. The van der Waals surface area contributed by atoms with Crippen LogP contribution < -0.4 is 0 Å². The molecule has 0 unspecified atom stereocenters. The summed E-state index contributed by atoms with van der Waals surface area (Å²) in [6.07, 6.45) is 27.2. The molecule has 0 saturated heterocycles. The topological polar surface area (TPSA) is 25.8 Å². The first-order valence-electron chi connectivity index (χ1n) is 12.5. The normalized spacial score (nSPS) is 28.4. The van der Waals surface area contributed by atoms with E-state index in [9.17, 15) is 0 Å². The fraction of sp³-hybridized carbons (Fsp3) is 0.846. The molecular formula is C26H44N2. The summed E-state index contributed by atoms with van der Waals surface area (Å²) < 4.78 is 0. The number of unbranched alkanes of at least 4 members (excludes halogenated alkanes) is 4. The Morgan fingerprint density at radius 3 is 1.75 bits per heavy atom. The lowest BCUT2D eigenvalue weighted by Gasteiger charge is -2.31. The van der Waals surface area contributed by atoms with Crippen molar-refractivity contribution in [2.45, 2.75) is 122 Å². The molecule has 0 aliphatic heterocycles. The van der Waals surface area contributed by atoms with Gasteiger partial charge in [0.25, 0.3) is 0 Å². The number of aryl methyl sites for hydroxylation is 1. The largest absolute Gasteiger partial charge is 0.241 e. The van der Waals surface area contributed by atoms with Crippen LogP contribution in [-0.2, 0) is 0 Å². The van der Waals surface area contributed by atoms with Crippen LogP contribution in [0.25, 0.3) is 0 Å². The lowest BCUT2D eigenvalue weighted by atomic mass is 9.74. The molecule has 0 aromatic carbocycles. The first-order chi connectivity index (χ1) is 13.7. The predicted octanol–water partition coefficient (Wildman–Crippen LogP) is 8.01. The van der Waals surface area contributed by atoms with Crippen LogP contribution in [0.3, 0.4) is 0 Å². The molecule has 1 aromatic rings. The highest BCUT2D eigenvalue weighted by atomic mass is 14.9. The Morgan fingerprint density at radius 2 is 1.18 bits per heavy atom. The SMILES string of the molecule is CCCCCCC[C@H]1CC[C@H](CCC2CCC(c3ncc(C)cn3)CC2)CC1. The second-order valence-corrected chi connectivity index (χ2v) is 10.0. The lowest BCUT2D eigenvalue weighted by molar-refractivity contribution is 0.221. The molecule has 2 heteroatoms. The summed E-state index contributed by atoms with van der Waals surface area (Å²) >= 11 is 0. The van der Waals surface area contributed by atoms with Crippen LogP contribution >= 0.6 is 0 Å². The van der Waals surface area contributed by atoms with Gasteiger partial charge in [0.05, 0.1) is 0 Å². The van der Waals surface area contributed by atoms with Crippen molar-refractivity contribution in [2.75, 3.05) is 0 Å². The van der Waals surface area contributed by atoms with Gasteiger partial charge in [0.2, 0.25) is 0 Å². The van der Waals surface area contributed by atoms with E-state index in [0.717, 1.165) is 23.6 Å². The maximum absolute atomic E-state index is 4.58. The molecule has 0 amide bonds. The molecular weight excluding hydrogens is 340 g/mol. The van der Waals surface area contributed by atoms with Gasteiger partial charge in [0.1, 0.15) is 5.82 Å². The van der Waals surface area contributed by atoms with Crippen LogP contribution in [0.1, 0.15) is 127 Å². The maximum atomic E-state index is 4.58. The van der Waals surface area contributed by atoms with Crippen molar-refractivity contribution < 1.29 is 0 Å². The van der Waals surface area contributed by atoms with Gasteiger partial charge < -0.3 is 0 Å². The molecule has 0 atom stereocenters. The van der Waals surface area contributed by atoms with Gasteiger partial charge in [-0.3, -0.25) is 0 Å². The van der Waals surface area contributed by atoms with E-state index in [1.165, 1.54) is 108 Å². The molecule has 0 bridgehead atoms. The van der Waals surface area contributed by atoms with Crippen molar-refractivity contribution >= 4 is 0 Å². The van der Waals surface area contributed by atoms with Gasteiger partial charge in [-0.15, -0.1) is 0 Å². The van der Waals surface area contributed by atoms with Crippen molar-refractivity contribution in [1.82, 2.24) is 9.97 Å². The summed E-state index contributed by atoms with van der Waals surface area (Å²) in [5, 5.41) is 0. The molecule has 3 rings (SSSR count). The van der Waals surface area contributed by atoms with Crippen LogP contribution in [0.15, 0.2) is 12.4 Å². The second-order valence-electron chi connectivity index (χ2n) is 10.0. The van der Waals surface area contributed by atoms with Gasteiger partial charge in [0, 0.05) is 18.3 Å². The number of nitrogens with zero attached hydrogens (tertiary/aromatic N) is 2. The molecule has 2 aliphatic carbocycles. The Hall–Kier alpha value is -0.920. The standard InChI is InChI=1S/C26H44N2/c1-3-4-5-6-7-8-22-9-11-23(12-10-22)13-14-24-15-17-25(18-16-24)26-27-19-21(2)20-28-26/h19-20,22-25H,3-18H2,1-2H3/t22-,23-,24?,25?. The molecule has 2 nitrogen and oxygen atoms in total. The van der Waals surface area contributed by atoms with E-state index in [1.807, 2.05) is 12.4 Å². The van der Waals surface area contributed by atoms with Gasteiger partial charge in [0.15, 0.2) is 0 Å². The quantitative estimate of drug-likeness (QED) is 0.382. The number of hydrogen-bond acceptors (Lipinski definition) is 2. The van der Waals surface area contributed by atoms with Crippen molar-refractivity contribution in [3.8, 4) is 0 Å². The van der Waals surface area contributed by atoms with Crippen LogP contribution in [0.4, 0.5) is 0 Å². The van der Waals surface area contributed by atoms with Crippen LogP contribution in [0.2, 0.25) is 0 Å². The highest BCUT2D eigenvalue weighted by Crippen LogP contribution is 2.39. The lowest BCUT2D eigenvalue weighted by Crippen LogP contribution is -2.18. The first-order valence-corrected chi connectivity index (χ1v) is 12.5. The summed E-state index contributed by atoms with van der Waals surface area (Å²) in [6.45, 7) is 4.38. The third-order valence-electron chi connectivity index (χ3n) is 7.68. The van der Waals surface area contributed by atoms with E-state index < -0.39 is 0 Å². The van der Waals surface area contributed by atoms with E-state index in [0.29, 0.717) is 5.92 Å². The smallest absolute Gasteiger partial charge is 0.131 e. The van der Waals surface area contributed by atoms with Crippen LogP contribution in [-0.4, -0.2) is 9.97 Å². The summed E-state index contributed by atoms with van der Waals surface area (Å²) in [6, 6.07) is 0. The fourth-order valence-corrected chi connectivity index (χ4v) is 5.64. The highest BCUT2D eigenvalue weighted by molar-refractivity contribution is 5.05. The number of rotatable bonds is 10. The molecule has 0 N–H and O–H groups in total. The molecule has 0 spiro atoms. The number of aromatic nitrogens is 2. The molecule has 28 heavy (non-hydrogen) atoms. The van der Waals surface area contributed by atoms with Crippen molar-refractivity contribution in [3.05, 3.63) is 23.8 Å². The molecule has 1 heterocycles. The van der Waals surface area contributed by atoms with E-state index in [2.05, 4.69) is 23.8 Å². The Labute approximate surface area is 174 Å². The van der Waals surface area contributed by atoms with Gasteiger partial charge in [-0.1, -0.05) is 84.0 Å². The Balaban J connectivity index is 1.26. The minimum Gasteiger partial charge on any atom is -0.241 e. The van der Waals surface area contributed by atoms with Crippen molar-refractivity contribution in [2.24, 2.45) is 17.8 Å². The third-order valence-corrected chi connectivity index (χ3v) is 7.68. The molecule has 2 aliphatic rings. The molecule has 0 radical (unpaired) electrons. The molecule has 2 fully saturated rings. The Morgan fingerprint density at radius 1 is 0.679 bits per heavy atom. The summed E-state index contributed by atoms with van der Waals surface area (Å²) in [7, 11) is 0. The van der Waals surface area contributed by atoms with Crippen LogP contribution in [0, 0.1) is 24.7 Å². The van der Waals surface area contributed by atoms with Crippen molar-refractivity contribution in [3.63, 3.8) is 0 Å². The third kappa shape index (κ3) is 7.16. The van der Waals surface area contributed by atoms with E-state index >= 15 is 0 Å². The second kappa shape index (κ2) is 11.9. The zero-order valence-corrected chi connectivity index (χ0v) is 18.7. The van der Waals surface area contributed by atoms with Gasteiger partial charge in [-0.2, -0.15) is 0 Å². The highest BCUT2D eigenvalue weighted by Gasteiger charge is 2.26. The Kier molecular flexibility index (Phi) is 9.28. The fourth-order valence-electron chi connectivity index (χ4n) is 5.64. The summed E-state index contributed by atoms with van der Waals surface area (Å²) in [5.74, 6) is 4.77. The first kappa shape index (κ1) is 21.8. The molecule has 2 saturated carbocycles. The maximum Gasteiger partial charge on any atom is 0.131 e.